The molecule has 2 aromatic rings. The number of benzene rings is 1. The van der Waals surface area contributed by atoms with E-state index in [-0.39, 0.29) is 5.92 Å². The maximum atomic E-state index is 11.9. The Hall–Kier alpha value is -1.62. The number of thiophene rings is 1. The van der Waals surface area contributed by atoms with Crippen LogP contribution in [0.15, 0.2) is 47.4 Å². The van der Waals surface area contributed by atoms with E-state index in [9.17, 15) is 5.11 Å². The molecule has 0 radical (unpaired) electrons. The maximum absolute atomic E-state index is 11.9. The minimum absolute atomic E-state index is 0.208. The highest BCUT2D eigenvalue weighted by atomic mass is 32.1. The molecule has 1 aromatic carbocycles. The summed E-state index contributed by atoms with van der Waals surface area (Å²) in [5.41, 5.74) is 1.35. The van der Waals surface area contributed by atoms with Crippen molar-refractivity contribution in [1.29, 1.82) is 0 Å². The van der Waals surface area contributed by atoms with Gasteiger partial charge in [-0.25, -0.2) is 0 Å². The molecular weight excluding hydrogens is 330 g/mol. The maximum Gasteiger partial charge on any atom is 0.124 e. The van der Waals surface area contributed by atoms with Gasteiger partial charge in [0.2, 0.25) is 0 Å². The van der Waals surface area contributed by atoms with Crippen molar-refractivity contribution in [3.63, 3.8) is 0 Å². The fourth-order valence-electron chi connectivity index (χ4n) is 3.80. The normalized spacial score (nSPS) is 25.5. The summed E-state index contributed by atoms with van der Waals surface area (Å²) in [6, 6.07) is 12.1. The smallest absolute Gasteiger partial charge is 0.124 e. The third-order valence-electron chi connectivity index (χ3n) is 5.02. The van der Waals surface area contributed by atoms with Crippen molar-refractivity contribution in [2.24, 2.45) is 5.92 Å². The van der Waals surface area contributed by atoms with E-state index >= 15 is 0 Å². The number of methoxy groups -OCH3 is 1. The molecule has 0 aliphatic heterocycles. The highest BCUT2D eigenvalue weighted by molar-refractivity contribution is 7.10. The van der Waals surface area contributed by atoms with Crippen molar-refractivity contribution in [2.45, 2.75) is 24.9 Å². The fourth-order valence-corrected chi connectivity index (χ4v) is 4.74. The predicted molar refractivity (Wildman–Crippen MR) is 105 cm³/mol. The predicted octanol–water partition coefficient (Wildman–Crippen LogP) is 4.39. The Morgan fingerprint density at radius 1 is 1.28 bits per heavy atom. The van der Waals surface area contributed by atoms with Gasteiger partial charge in [0.15, 0.2) is 0 Å². The zero-order valence-corrected chi connectivity index (χ0v) is 16.1. The fraction of sp³-hybridized carbons (Fsp3) is 0.429. The van der Waals surface area contributed by atoms with E-state index in [1.165, 1.54) is 0 Å². The van der Waals surface area contributed by atoms with E-state index in [0.717, 1.165) is 47.6 Å². The molecule has 4 heteroatoms. The Morgan fingerprint density at radius 3 is 2.64 bits per heavy atom. The molecule has 2 atom stereocenters. The lowest BCUT2D eigenvalue weighted by atomic mass is 9.70. The van der Waals surface area contributed by atoms with E-state index in [0.29, 0.717) is 0 Å². The van der Waals surface area contributed by atoms with E-state index in [2.05, 4.69) is 48.7 Å². The lowest BCUT2D eigenvalue weighted by Gasteiger charge is -2.43. The van der Waals surface area contributed by atoms with Gasteiger partial charge < -0.3 is 14.7 Å². The summed E-state index contributed by atoms with van der Waals surface area (Å²) < 4.78 is 5.25. The van der Waals surface area contributed by atoms with Gasteiger partial charge in [-0.3, -0.25) is 0 Å². The molecule has 0 bridgehead atoms. The first kappa shape index (κ1) is 18.2. The van der Waals surface area contributed by atoms with Crippen molar-refractivity contribution < 1.29 is 9.84 Å². The number of ether oxygens (including phenoxy) is 1. The molecule has 3 rings (SSSR count). The van der Waals surface area contributed by atoms with E-state index in [1.54, 1.807) is 18.4 Å². The number of hydrogen-bond acceptors (Lipinski definition) is 4. The number of rotatable bonds is 5. The Bertz CT molecular complexity index is 706. The summed E-state index contributed by atoms with van der Waals surface area (Å²) in [5.74, 6) is 1.06. The van der Waals surface area contributed by atoms with Crippen LogP contribution in [0, 0.1) is 5.92 Å². The standard InChI is InChI=1S/C21H27NO2S/c1-22(2)15-18-7-4-6-17(21(18,23)20-8-5-13-25-20)14-16-9-11-19(24-3)12-10-16/h5,8-14,18,23H,4,6-7,15H2,1-3H3. The lowest BCUT2D eigenvalue weighted by molar-refractivity contribution is -0.0143. The number of hydrogen-bond donors (Lipinski definition) is 1. The van der Waals surface area contributed by atoms with Crippen molar-refractivity contribution in [2.75, 3.05) is 27.7 Å². The summed E-state index contributed by atoms with van der Waals surface area (Å²) in [6.45, 7) is 0.883. The van der Waals surface area contributed by atoms with Gasteiger partial charge in [0.1, 0.15) is 11.4 Å². The van der Waals surface area contributed by atoms with E-state index in [1.807, 2.05) is 18.2 Å². The Morgan fingerprint density at radius 2 is 2.04 bits per heavy atom. The van der Waals surface area contributed by atoms with E-state index in [4.69, 9.17) is 4.74 Å². The zero-order chi connectivity index (χ0) is 17.9. The van der Waals surface area contributed by atoms with Gasteiger partial charge in [-0.05, 0) is 68.1 Å². The van der Waals surface area contributed by atoms with Crippen molar-refractivity contribution in [1.82, 2.24) is 4.90 Å². The van der Waals surface area contributed by atoms with Crippen LogP contribution in [0.5, 0.6) is 5.75 Å². The molecule has 0 spiro atoms. The van der Waals surface area contributed by atoms with Crippen LogP contribution in [0.1, 0.15) is 29.7 Å². The summed E-state index contributed by atoms with van der Waals surface area (Å²) in [5, 5.41) is 13.9. The van der Waals surface area contributed by atoms with Crippen LogP contribution in [-0.2, 0) is 5.60 Å². The molecule has 1 aromatic heterocycles. The van der Waals surface area contributed by atoms with Crippen LogP contribution < -0.4 is 4.74 Å². The second kappa shape index (κ2) is 7.73. The van der Waals surface area contributed by atoms with Crippen LogP contribution >= 0.6 is 11.3 Å². The summed E-state index contributed by atoms with van der Waals surface area (Å²) in [7, 11) is 5.84. The number of nitrogens with zero attached hydrogens (tertiary/aromatic N) is 1. The minimum Gasteiger partial charge on any atom is -0.497 e. The molecule has 3 nitrogen and oxygen atoms in total. The van der Waals surface area contributed by atoms with E-state index < -0.39 is 5.60 Å². The molecule has 1 aliphatic carbocycles. The van der Waals surface area contributed by atoms with Gasteiger partial charge in [0.25, 0.3) is 0 Å². The third-order valence-corrected chi connectivity index (χ3v) is 6.01. The van der Waals surface area contributed by atoms with Crippen LogP contribution in [0.2, 0.25) is 0 Å². The first-order valence-corrected chi connectivity index (χ1v) is 9.68. The molecule has 134 valence electrons. The van der Waals surface area contributed by atoms with Gasteiger partial charge >= 0.3 is 0 Å². The quantitative estimate of drug-likeness (QED) is 0.861. The molecular formula is C21H27NO2S. The van der Waals surface area contributed by atoms with Crippen LogP contribution in [-0.4, -0.2) is 37.8 Å². The highest BCUT2D eigenvalue weighted by Gasteiger charge is 2.44. The zero-order valence-electron chi connectivity index (χ0n) is 15.2. The topological polar surface area (TPSA) is 32.7 Å². The van der Waals surface area contributed by atoms with Gasteiger partial charge in [-0.2, -0.15) is 0 Å². The molecule has 1 fully saturated rings. The Kier molecular flexibility index (Phi) is 5.62. The summed E-state index contributed by atoms with van der Waals surface area (Å²) >= 11 is 1.65. The van der Waals surface area contributed by atoms with Crippen LogP contribution in [0.3, 0.4) is 0 Å². The van der Waals surface area contributed by atoms with Crippen molar-refractivity contribution >= 4 is 17.4 Å². The number of aliphatic hydroxyl groups is 1. The molecule has 0 saturated heterocycles. The molecule has 2 unspecified atom stereocenters. The summed E-state index contributed by atoms with van der Waals surface area (Å²) in [6.07, 6.45) is 5.27. The van der Waals surface area contributed by atoms with Gasteiger partial charge in [0, 0.05) is 17.3 Å². The van der Waals surface area contributed by atoms with Crippen molar-refractivity contribution in [3.8, 4) is 5.75 Å². The Balaban J connectivity index is 2.01. The SMILES string of the molecule is COc1ccc(C=C2CCCC(CN(C)C)C2(O)c2cccs2)cc1. The Labute approximate surface area is 154 Å². The molecule has 1 aliphatic rings. The second-order valence-electron chi connectivity index (χ2n) is 7.04. The first-order valence-electron chi connectivity index (χ1n) is 8.80. The van der Waals surface area contributed by atoms with Gasteiger partial charge in [-0.15, -0.1) is 11.3 Å². The third kappa shape index (κ3) is 3.81. The van der Waals surface area contributed by atoms with Crippen LogP contribution in [0.4, 0.5) is 0 Å². The summed E-state index contributed by atoms with van der Waals surface area (Å²) in [4.78, 5) is 3.23. The second-order valence-corrected chi connectivity index (χ2v) is 7.99. The molecule has 25 heavy (non-hydrogen) atoms. The van der Waals surface area contributed by atoms with Gasteiger partial charge in [-0.1, -0.05) is 24.3 Å². The van der Waals surface area contributed by atoms with Crippen molar-refractivity contribution in [3.05, 3.63) is 57.8 Å². The molecule has 0 amide bonds. The average molecular weight is 358 g/mol. The average Bonchev–Trinajstić information content (AvgIpc) is 3.14. The van der Waals surface area contributed by atoms with Crippen LogP contribution in [0.25, 0.3) is 6.08 Å². The van der Waals surface area contributed by atoms with Gasteiger partial charge in [0.05, 0.1) is 7.11 Å². The highest BCUT2D eigenvalue weighted by Crippen LogP contribution is 2.47. The minimum atomic E-state index is -0.878. The monoisotopic (exact) mass is 357 g/mol. The first-order chi connectivity index (χ1) is 12.0. The molecule has 1 N–H and O–H groups in total. The largest absolute Gasteiger partial charge is 0.497 e. The molecule has 1 saturated carbocycles. The molecule has 1 heterocycles. The lowest BCUT2D eigenvalue weighted by Crippen LogP contribution is -2.44.